The molecule has 0 aromatic rings. The molecule has 0 radical (unpaired) electrons. The molecule has 0 N–H and O–H groups in total. The fourth-order valence-electron chi connectivity index (χ4n) is 2.62. The van der Waals surface area contributed by atoms with Gasteiger partial charge in [0.1, 0.15) is 0 Å². The molecule has 92 valence electrons. The summed E-state index contributed by atoms with van der Waals surface area (Å²) in [4.78, 5) is 0. The van der Waals surface area contributed by atoms with E-state index in [0.29, 0.717) is 0 Å². The zero-order valence-corrected chi connectivity index (χ0v) is 10.6. The Morgan fingerprint density at radius 1 is 1.38 bits per heavy atom. The van der Waals surface area contributed by atoms with Crippen molar-refractivity contribution in [1.29, 1.82) is 0 Å². The Morgan fingerprint density at radius 2 is 2.19 bits per heavy atom. The van der Waals surface area contributed by atoms with Crippen LogP contribution in [0.15, 0.2) is 11.5 Å². The van der Waals surface area contributed by atoms with Crippen molar-refractivity contribution in [3.8, 4) is 0 Å². The average molecular weight is 244 g/mol. The Labute approximate surface area is 97.8 Å². The molecule has 0 spiro atoms. The van der Waals surface area contributed by atoms with Crippen LogP contribution in [0.3, 0.4) is 0 Å². The topological polar surface area (TPSA) is 43.4 Å². The molecule has 1 aliphatic carbocycles. The summed E-state index contributed by atoms with van der Waals surface area (Å²) < 4.78 is 28.3. The van der Waals surface area contributed by atoms with Crippen LogP contribution in [-0.2, 0) is 14.6 Å². The SMILES string of the molecule is CCC1CCCC(OC2C=CS(=O)(=O)C2)C1. The van der Waals surface area contributed by atoms with E-state index >= 15 is 0 Å². The minimum absolute atomic E-state index is 0.139. The molecular formula is C12H20O3S. The van der Waals surface area contributed by atoms with E-state index in [1.54, 1.807) is 6.08 Å². The second kappa shape index (κ2) is 4.88. The summed E-state index contributed by atoms with van der Waals surface area (Å²) in [5.74, 6) is 0.904. The summed E-state index contributed by atoms with van der Waals surface area (Å²) in [6.07, 6.45) is 7.65. The van der Waals surface area contributed by atoms with E-state index in [9.17, 15) is 8.42 Å². The van der Waals surface area contributed by atoms with E-state index < -0.39 is 9.84 Å². The molecular weight excluding hydrogens is 224 g/mol. The maximum Gasteiger partial charge on any atom is 0.174 e. The summed E-state index contributed by atoms with van der Waals surface area (Å²) in [6, 6.07) is 0. The molecule has 1 fully saturated rings. The van der Waals surface area contributed by atoms with Crippen LogP contribution in [0.25, 0.3) is 0 Å². The molecule has 4 heteroatoms. The van der Waals surface area contributed by atoms with Gasteiger partial charge in [0.2, 0.25) is 0 Å². The fraction of sp³-hybridized carbons (Fsp3) is 0.833. The van der Waals surface area contributed by atoms with Gasteiger partial charge in [-0.15, -0.1) is 0 Å². The Morgan fingerprint density at radius 3 is 2.81 bits per heavy atom. The molecule has 16 heavy (non-hydrogen) atoms. The number of sulfone groups is 1. The Hall–Kier alpha value is -0.350. The first kappa shape index (κ1) is 12.1. The monoisotopic (exact) mass is 244 g/mol. The number of hydrogen-bond donors (Lipinski definition) is 0. The molecule has 2 rings (SSSR count). The van der Waals surface area contributed by atoms with Crippen LogP contribution < -0.4 is 0 Å². The lowest BCUT2D eigenvalue weighted by Gasteiger charge is -2.30. The molecule has 1 saturated carbocycles. The zero-order valence-electron chi connectivity index (χ0n) is 9.76. The summed E-state index contributed by atoms with van der Waals surface area (Å²) in [7, 11) is -2.97. The van der Waals surface area contributed by atoms with Crippen molar-refractivity contribution >= 4 is 9.84 Å². The lowest BCUT2D eigenvalue weighted by atomic mass is 9.85. The lowest BCUT2D eigenvalue weighted by molar-refractivity contribution is -0.00985. The van der Waals surface area contributed by atoms with Crippen molar-refractivity contribution in [2.45, 2.75) is 51.2 Å². The van der Waals surface area contributed by atoms with E-state index in [4.69, 9.17) is 4.74 Å². The van der Waals surface area contributed by atoms with Crippen molar-refractivity contribution in [3.63, 3.8) is 0 Å². The molecule has 1 heterocycles. The maximum absolute atomic E-state index is 11.2. The van der Waals surface area contributed by atoms with Crippen molar-refractivity contribution < 1.29 is 13.2 Å². The quantitative estimate of drug-likeness (QED) is 0.765. The van der Waals surface area contributed by atoms with Gasteiger partial charge >= 0.3 is 0 Å². The molecule has 2 aliphatic rings. The fourth-order valence-corrected chi connectivity index (χ4v) is 3.79. The van der Waals surface area contributed by atoms with E-state index in [0.717, 1.165) is 18.8 Å². The summed E-state index contributed by atoms with van der Waals surface area (Å²) in [6.45, 7) is 2.22. The predicted molar refractivity (Wildman–Crippen MR) is 63.8 cm³/mol. The van der Waals surface area contributed by atoms with E-state index in [1.807, 2.05) is 0 Å². The highest BCUT2D eigenvalue weighted by atomic mass is 32.2. The zero-order chi connectivity index (χ0) is 11.6. The highest BCUT2D eigenvalue weighted by Gasteiger charge is 2.28. The van der Waals surface area contributed by atoms with Gasteiger partial charge in [0.25, 0.3) is 0 Å². The van der Waals surface area contributed by atoms with Gasteiger partial charge in [-0.2, -0.15) is 0 Å². The highest BCUT2D eigenvalue weighted by Crippen LogP contribution is 2.30. The Kier molecular flexibility index (Phi) is 3.70. The molecule has 0 bridgehead atoms. The second-order valence-corrected chi connectivity index (χ2v) is 6.83. The van der Waals surface area contributed by atoms with Crippen LogP contribution in [0.2, 0.25) is 0 Å². The average Bonchev–Trinajstić information content (AvgIpc) is 2.58. The summed E-state index contributed by atoms with van der Waals surface area (Å²) >= 11 is 0. The second-order valence-electron chi connectivity index (χ2n) is 4.90. The normalized spacial score (nSPS) is 37.7. The van der Waals surface area contributed by atoms with Gasteiger partial charge in [-0.3, -0.25) is 0 Å². The first-order chi connectivity index (χ1) is 7.59. The standard InChI is InChI=1S/C12H20O3S/c1-2-10-4-3-5-11(8-10)15-12-6-7-16(13,14)9-12/h6-7,10-12H,2-5,8-9H2,1H3. The van der Waals surface area contributed by atoms with Crippen LogP contribution in [0.4, 0.5) is 0 Å². The third-order valence-corrected chi connectivity index (χ3v) is 4.94. The van der Waals surface area contributed by atoms with E-state index in [-0.39, 0.29) is 18.0 Å². The largest absolute Gasteiger partial charge is 0.370 e. The lowest BCUT2D eigenvalue weighted by Crippen LogP contribution is -2.28. The van der Waals surface area contributed by atoms with Gasteiger partial charge < -0.3 is 4.74 Å². The Balaban J connectivity index is 1.84. The van der Waals surface area contributed by atoms with E-state index in [2.05, 4.69) is 6.92 Å². The van der Waals surface area contributed by atoms with Crippen LogP contribution in [0, 0.1) is 5.92 Å². The summed E-state index contributed by atoms with van der Waals surface area (Å²) in [5, 5.41) is 1.29. The van der Waals surface area contributed by atoms with Crippen molar-refractivity contribution in [3.05, 3.63) is 11.5 Å². The van der Waals surface area contributed by atoms with Gasteiger partial charge in [-0.1, -0.05) is 26.2 Å². The molecule has 0 saturated heterocycles. The number of hydrogen-bond acceptors (Lipinski definition) is 3. The molecule has 3 atom stereocenters. The van der Waals surface area contributed by atoms with E-state index in [1.165, 1.54) is 24.7 Å². The van der Waals surface area contributed by atoms with Gasteiger partial charge in [0.05, 0.1) is 18.0 Å². The molecule has 0 aromatic heterocycles. The van der Waals surface area contributed by atoms with Crippen LogP contribution in [-0.4, -0.2) is 26.4 Å². The first-order valence-electron chi connectivity index (χ1n) is 6.15. The van der Waals surface area contributed by atoms with Gasteiger partial charge in [0.15, 0.2) is 9.84 Å². The molecule has 3 nitrogen and oxygen atoms in total. The van der Waals surface area contributed by atoms with Crippen LogP contribution in [0.1, 0.15) is 39.0 Å². The molecule has 0 aromatic carbocycles. The van der Waals surface area contributed by atoms with Gasteiger partial charge in [-0.25, -0.2) is 8.42 Å². The molecule has 0 amide bonds. The predicted octanol–water partition coefficient (Wildman–Crippen LogP) is 2.28. The first-order valence-corrected chi connectivity index (χ1v) is 7.87. The number of rotatable bonds is 3. The van der Waals surface area contributed by atoms with Crippen molar-refractivity contribution in [2.75, 3.05) is 5.75 Å². The minimum Gasteiger partial charge on any atom is -0.370 e. The van der Waals surface area contributed by atoms with Crippen LogP contribution in [0.5, 0.6) is 0 Å². The third kappa shape index (κ3) is 3.08. The minimum atomic E-state index is -2.97. The maximum atomic E-state index is 11.2. The van der Waals surface area contributed by atoms with Crippen LogP contribution >= 0.6 is 0 Å². The third-order valence-electron chi connectivity index (χ3n) is 3.58. The molecule has 1 aliphatic heterocycles. The smallest absolute Gasteiger partial charge is 0.174 e. The Bertz CT molecular complexity index is 358. The summed E-state index contributed by atoms with van der Waals surface area (Å²) in [5.41, 5.74) is 0. The van der Waals surface area contributed by atoms with Gasteiger partial charge in [-0.05, 0) is 24.8 Å². The number of ether oxygens (including phenoxy) is 1. The molecule has 3 unspecified atom stereocenters. The van der Waals surface area contributed by atoms with Crippen molar-refractivity contribution in [1.82, 2.24) is 0 Å². The highest BCUT2D eigenvalue weighted by molar-refractivity contribution is 7.94. The van der Waals surface area contributed by atoms with Gasteiger partial charge in [0, 0.05) is 5.41 Å². The van der Waals surface area contributed by atoms with Crippen molar-refractivity contribution in [2.24, 2.45) is 5.92 Å².